The Hall–Kier alpha value is 0.415. The summed E-state index contributed by atoms with van der Waals surface area (Å²) in [6.07, 6.45) is 1.25. The van der Waals surface area contributed by atoms with Crippen LogP contribution in [-0.2, 0) is 4.74 Å². The van der Waals surface area contributed by atoms with Crippen LogP contribution in [0.25, 0.3) is 0 Å². The third kappa shape index (κ3) is 1.72. The zero-order chi connectivity index (χ0) is 7.56. The van der Waals surface area contributed by atoms with Crippen LogP contribution in [0.4, 0.5) is 0 Å². The number of aliphatic hydroxyl groups is 1. The molecular formula is C6H14BO2P. The molecule has 1 fully saturated rings. The molecule has 0 amide bonds. The zero-order valence-corrected chi connectivity index (χ0v) is 7.50. The van der Waals surface area contributed by atoms with E-state index >= 15 is 0 Å². The molecule has 1 aliphatic heterocycles. The fraction of sp³-hybridized carbons (Fsp3) is 1.00. The van der Waals surface area contributed by atoms with Crippen molar-refractivity contribution in [3.05, 3.63) is 0 Å². The Kier molecular flexibility index (Phi) is 3.15. The van der Waals surface area contributed by atoms with E-state index in [-0.39, 0.29) is 12.7 Å². The van der Waals surface area contributed by atoms with E-state index in [9.17, 15) is 0 Å². The molecule has 58 valence electrons. The number of ether oxygens (including phenoxy) is 1. The molecule has 0 radical (unpaired) electrons. The SMILES string of the molecule is BC1CC(PC)C(CO)O1. The summed E-state index contributed by atoms with van der Waals surface area (Å²) < 4.78 is 5.47. The van der Waals surface area contributed by atoms with Crippen molar-refractivity contribution in [1.29, 1.82) is 0 Å². The van der Waals surface area contributed by atoms with Gasteiger partial charge in [0.05, 0.1) is 12.7 Å². The number of hydrogen-bond acceptors (Lipinski definition) is 2. The van der Waals surface area contributed by atoms with Gasteiger partial charge in [0.15, 0.2) is 0 Å². The van der Waals surface area contributed by atoms with E-state index in [1.807, 2.05) is 0 Å². The van der Waals surface area contributed by atoms with Gasteiger partial charge in [0.2, 0.25) is 0 Å². The summed E-state index contributed by atoms with van der Waals surface area (Å²) in [5.41, 5.74) is 0.611. The molecule has 1 N–H and O–H groups in total. The summed E-state index contributed by atoms with van der Waals surface area (Å²) in [7, 11) is 2.97. The topological polar surface area (TPSA) is 29.5 Å². The third-order valence-electron chi connectivity index (χ3n) is 1.99. The number of rotatable bonds is 2. The lowest BCUT2D eigenvalue weighted by atomic mass is 9.97. The first-order valence-corrected chi connectivity index (χ1v) is 5.29. The van der Waals surface area contributed by atoms with Gasteiger partial charge in [-0.3, -0.25) is 0 Å². The summed E-state index contributed by atoms with van der Waals surface area (Å²) in [5, 5.41) is 8.86. The maximum absolute atomic E-state index is 8.86. The highest BCUT2D eigenvalue weighted by atomic mass is 31.1. The van der Waals surface area contributed by atoms with E-state index in [0.29, 0.717) is 11.7 Å². The molecule has 0 aromatic heterocycles. The fourth-order valence-electron chi connectivity index (χ4n) is 1.43. The average Bonchev–Trinajstić information content (AvgIpc) is 2.30. The monoisotopic (exact) mass is 160 g/mol. The van der Waals surface area contributed by atoms with E-state index in [1.54, 1.807) is 0 Å². The zero-order valence-electron chi connectivity index (χ0n) is 6.50. The minimum Gasteiger partial charge on any atom is -0.394 e. The Morgan fingerprint density at radius 1 is 1.80 bits per heavy atom. The second-order valence-electron chi connectivity index (χ2n) is 2.80. The quantitative estimate of drug-likeness (QED) is 0.431. The highest BCUT2D eigenvalue weighted by Gasteiger charge is 2.30. The first-order chi connectivity index (χ1) is 4.77. The molecule has 0 aromatic rings. The predicted octanol–water partition coefficient (Wildman–Crippen LogP) is -0.596. The highest BCUT2D eigenvalue weighted by molar-refractivity contribution is 7.38. The predicted molar refractivity (Wildman–Crippen MR) is 46.9 cm³/mol. The van der Waals surface area contributed by atoms with Crippen LogP contribution < -0.4 is 0 Å². The van der Waals surface area contributed by atoms with Gasteiger partial charge in [-0.25, -0.2) is 0 Å². The average molecular weight is 160 g/mol. The van der Waals surface area contributed by atoms with Crippen LogP contribution in [0.5, 0.6) is 0 Å². The van der Waals surface area contributed by atoms with Gasteiger partial charge in [0, 0.05) is 11.7 Å². The van der Waals surface area contributed by atoms with Crippen molar-refractivity contribution in [2.75, 3.05) is 13.3 Å². The van der Waals surface area contributed by atoms with Gasteiger partial charge in [-0.2, -0.15) is 0 Å². The first-order valence-electron chi connectivity index (χ1n) is 3.71. The maximum Gasteiger partial charge on any atom is 0.139 e. The molecule has 2 nitrogen and oxygen atoms in total. The van der Waals surface area contributed by atoms with Gasteiger partial charge in [-0.05, 0) is 13.1 Å². The fourth-order valence-corrected chi connectivity index (χ4v) is 2.56. The molecule has 1 saturated heterocycles. The smallest absolute Gasteiger partial charge is 0.139 e. The van der Waals surface area contributed by atoms with E-state index in [1.165, 1.54) is 0 Å². The summed E-state index contributed by atoms with van der Waals surface area (Å²) in [6.45, 7) is 2.37. The molecule has 0 saturated carbocycles. The van der Waals surface area contributed by atoms with Crippen molar-refractivity contribution < 1.29 is 9.84 Å². The lowest BCUT2D eigenvalue weighted by Crippen LogP contribution is -2.21. The molecule has 1 heterocycles. The van der Waals surface area contributed by atoms with Crippen molar-refractivity contribution >= 4 is 16.4 Å². The summed E-state index contributed by atoms with van der Waals surface area (Å²) in [4.78, 5) is 0. The van der Waals surface area contributed by atoms with Crippen LogP contribution >= 0.6 is 8.58 Å². The van der Waals surface area contributed by atoms with E-state index in [2.05, 4.69) is 14.5 Å². The lowest BCUT2D eigenvalue weighted by Gasteiger charge is -2.12. The van der Waals surface area contributed by atoms with Gasteiger partial charge in [0.1, 0.15) is 7.85 Å². The lowest BCUT2D eigenvalue weighted by molar-refractivity contribution is 0.0447. The van der Waals surface area contributed by atoms with Crippen LogP contribution in [0.1, 0.15) is 6.42 Å². The molecule has 4 heteroatoms. The molecule has 1 aliphatic rings. The second-order valence-corrected chi connectivity index (χ2v) is 4.12. The Balaban J connectivity index is 2.41. The summed E-state index contributed by atoms with van der Waals surface area (Å²) >= 11 is 0. The van der Waals surface area contributed by atoms with Gasteiger partial charge >= 0.3 is 0 Å². The molecule has 0 aliphatic carbocycles. The van der Waals surface area contributed by atoms with Crippen molar-refractivity contribution in [3.63, 3.8) is 0 Å². The largest absolute Gasteiger partial charge is 0.394 e. The Morgan fingerprint density at radius 3 is 2.90 bits per heavy atom. The van der Waals surface area contributed by atoms with Gasteiger partial charge in [-0.1, -0.05) is 0 Å². The van der Waals surface area contributed by atoms with E-state index in [4.69, 9.17) is 9.84 Å². The molecule has 0 spiro atoms. The van der Waals surface area contributed by atoms with Crippen molar-refractivity contribution in [2.45, 2.75) is 24.2 Å². The molecule has 4 atom stereocenters. The molecule has 0 aromatic carbocycles. The van der Waals surface area contributed by atoms with Gasteiger partial charge in [-0.15, -0.1) is 8.58 Å². The summed E-state index contributed by atoms with van der Waals surface area (Å²) in [6, 6.07) is 0.356. The number of hydrogen-bond donors (Lipinski definition) is 1. The van der Waals surface area contributed by atoms with Crippen LogP contribution in [0.2, 0.25) is 0 Å². The highest BCUT2D eigenvalue weighted by Crippen LogP contribution is 2.31. The van der Waals surface area contributed by atoms with Gasteiger partial charge in [0.25, 0.3) is 0 Å². The van der Waals surface area contributed by atoms with E-state index < -0.39 is 0 Å². The van der Waals surface area contributed by atoms with E-state index in [0.717, 1.165) is 15.0 Å². The van der Waals surface area contributed by atoms with Crippen molar-refractivity contribution in [3.8, 4) is 0 Å². The molecule has 1 rings (SSSR count). The molecular weight excluding hydrogens is 146 g/mol. The summed E-state index contributed by atoms with van der Waals surface area (Å²) in [5.74, 6) is 0. The minimum atomic E-state index is 0.123. The van der Waals surface area contributed by atoms with Crippen LogP contribution in [0, 0.1) is 0 Å². The van der Waals surface area contributed by atoms with Crippen LogP contribution in [0.3, 0.4) is 0 Å². The Bertz CT molecular complexity index is 99.9. The molecule has 4 unspecified atom stereocenters. The van der Waals surface area contributed by atoms with Crippen molar-refractivity contribution in [2.24, 2.45) is 0 Å². The molecule has 0 bridgehead atoms. The van der Waals surface area contributed by atoms with Crippen LogP contribution in [-0.4, -0.2) is 44.0 Å². The minimum absolute atomic E-state index is 0.123. The maximum atomic E-state index is 8.86. The Labute approximate surface area is 64.5 Å². The standard InChI is InChI=1S/C6H14BO2P/c1-10-5-2-6(7)9-4(5)3-8/h4-6,8,10H,2-3,7H2,1H3. The Morgan fingerprint density at radius 2 is 2.50 bits per heavy atom. The van der Waals surface area contributed by atoms with Crippen molar-refractivity contribution in [1.82, 2.24) is 0 Å². The number of aliphatic hydroxyl groups excluding tert-OH is 1. The van der Waals surface area contributed by atoms with Gasteiger partial charge < -0.3 is 9.84 Å². The normalized spacial score (nSPS) is 41.6. The third-order valence-corrected chi connectivity index (χ3v) is 3.34. The first kappa shape index (κ1) is 8.51. The van der Waals surface area contributed by atoms with Crippen LogP contribution in [0.15, 0.2) is 0 Å². The molecule has 10 heavy (non-hydrogen) atoms. The second kappa shape index (κ2) is 3.70.